The van der Waals surface area contributed by atoms with E-state index in [1.54, 1.807) is 23.9 Å². The molecule has 1 heterocycles. The van der Waals surface area contributed by atoms with E-state index in [9.17, 15) is 9.50 Å². The van der Waals surface area contributed by atoms with Gasteiger partial charge in [-0.25, -0.2) is 9.37 Å². The van der Waals surface area contributed by atoms with E-state index in [4.69, 9.17) is 0 Å². The lowest BCUT2D eigenvalue weighted by Gasteiger charge is -2.11. The van der Waals surface area contributed by atoms with Crippen LogP contribution in [0.25, 0.3) is 0 Å². The quantitative estimate of drug-likeness (QED) is 0.943. The summed E-state index contributed by atoms with van der Waals surface area (Å²) in [5.74, 6) is 0.175. The predicted octanol–water partition coefficient (Wildman–Crippen LogP) is 1.99. The number of aliphatic hydroxyl groups excluding tert-OH is 1. The minimum Gasteiger partial charge on any atom is -0.388 e. The third-order valence-electron chi connectivity index (χ3n) is 2.50. The van der Waals surface area contributed by atoms with Gasteiger partial charge in [-0.3, -0.25) is 4.68 Å². The van der Waals surface area contributed by atoms with Gasteiger partial charge in [0.15, 0.2) is 0 Å². The van der Waals surface area contributed by atoms with Gasteiger partial charge in [0.05, 0.1) is 6.10 Å². The van der Waals surface area contributed by atoms with Gasteiger partial charge in [0.1, 0.15) is 18.0 Å². The highest BCUT2D eigenvalue weighted by atomic mass is 79.9. The van der Waals surface area contributed by atoms with Crippen LogP contribution in [0, 0.1) is 5.82 Å². The summed E-state index contributed by atoms with van der Waals surface area (Å²) in [6.45, 7) is 0. The van der Waals surface area contributed by atoms with Crippen LogP contribution in [-0.2, 0) is 13.5 Å². The molecule has 17 heavy (non-hydrogen) atoms. The molecule has 6 heteroatoms. The first-order valence-electron chi connectivity index (χ1n) is 5.04. The van der Waals surface area contributed by atoms with Crippen LogP contribution in [0.5, 0.6) is 0 Å². The van der Waals surface area contributed by atoms with Gasteiger partial charge in [0.2, 0.25) is 0 Å². The number of halogens is 2. The van der Waals surface area contributed by atoms with E-state index in [0.717, 1.165) is 0 Å². The Morgan fingerprint density at radius 2 is 2.29 bits per heavy atom. The first-order chi connectivity index (χ1) is 8.08. The number of benzene rings is 1. The average Bonchev–Trinajstić information content (AvgIpc) is 2.64. The summed E-state index contributed by atoms with van der Waals surface area (Å²) >= 11 is 3.17. The van der Waals surface area contributed by atoms with E-state index < -0.39 is 11.9 Å². The van der Waals surface area contributed by atoms with Crippen LogP contribution in [0.3, 0.4) is 0 Å². The highest BCUT2D eigenvalue weighted by Crippen LogP contribution is 2.23. The zero-order chi connectivity index (χ0) is 12.4. The Hall–Kier alpha value is -1.27. The second-order valence-corrected chi connectivity index (χ2v) is 4.60. The Labute approximate surface area is 106 Å². The molecule has 0 aliphatic heterocycles. The van der Waals surface area contributed by atoms with Crippen molar-refractivity contribution >= 4 is 15.9 Å². The maximum absolute atomic E-state index is 13.6. The third-order valence-corrected chi connectivity index (χ3v) is 3.00. The predicted molar refractivity (Wildman–Crippen MR) is 63.8 cm³/mol. The van der Waals surface area contributed by atoms with E-state index in [2.05, 4.69) is 26.0 Å². The molecule has 1 N–H and O–H groups in total. The molecule has 1 atom stereocenters. The number of rotatable bonds is 3. The van der Waals surface area contributed by atoms with Crippen molar-refractivity contribution in [2.24, 2.45) is 7.05 Å². The number of nitrogens with zero attached hydrogens (tertiary/aromatic N) is 3. The summed E-state index contributed by atoms with van der Waals surface area (Å²) in [4.78, 5) is 3.99. The summed E-state index contributed by atoms with van der Waals surface area (Å²) in [7, 11) is 1.73. The van der Waals surface area contributed by atoms with Crippen LogP contribution >= 0.6 is 15.9 Å². The second-order valence-electron chi connectivity index (χ2n) is 3.69. The van der Waals surface area contributed by atoms with E-state index in [0.29, 0.717) is 10.3 Å². The first kappa shape index (κ1) is 12.2. The first-order valence-corrected chi connectivity index (χ1v) is 5.83. The van der Waals surface area contributed by atoms with Crippen molar-refractivity contribution in [1.29, 1.82) is 0 Å². The molecule has 0 aliphatic carbocycles. The topological polar surface area (TPSA) is 50.9 Å². The van der Waals surface area contributed by atoms with Crippen molar-refractivity contribution in [3.8, 4) is 0 Å². The van der Waals surface area contributed by atoms with E-state index in [1.807, 2.05) is 0 Å². The molecule has 0 aliphatic rings. The normalized spacial score (nSPS) is 12.7. The van der Waals surface area contributed by atoms with Crippen LogP contribution in [0.15, 0.2) is 29.0 Å². The fourth-order valence-corrected chi connectivity index (χ4v) is 1.89. The molecule has 0 saturated heterocycles. The lowest BCUT2D eigenvalue weighted by Crippen LogP contribution is -2.09. The van der Waals surface area contributed by atoms with E-state index >= 15 is 0 Å². The van der Waals surface area contributed by atoms with E-state index in [1.165, 1.54) is 12.4 Å². The minimum atomic E-state index is -0.925. The number of aliphatic hydroxyl groups is 1. The zero-order valence-electron chi connectivity index (χ0n) is 9.14. The molecule has 0 radical (unpaired) electrons. The molecule has 0 amide bonds. The second kappa shape index (κ2) is 4.93. The summed E-state index contributed by atoms with van der Waals surface area (Å²) in [6.07, 6.45) is 0.709. The standard InChI is InChI=1S/C11H11BrFN3O/c1-16-11(14-6-15-16)5-10(17)8-3-2-7(12)4-9(8)13/h2-4,6,10,17H,5H2,1H3. The largest absolute Gasteiger partial charge is 0.388 e. The Balaban J connectivity index is 2.20. The summed E-state index contributed by atoms with van der Waals surface area (Å²) in [6, 6.07) is 4.58. The molecule has 1 aromatic heterocycles. The molecule has 4 nitrogen and oxygen atoms in total. The molecule has 0 fully saturated rings. The fraction of sp³-hybridized carbons (Fsp3) is 0.273. The molecule has 90 valence electrons. The van der Waals surface area contributed by atoms with Gasteiger partial charge >= 0.3 is 0 Å². The summed E-state index contributed by atoms with van der Waals surface area (Å²) in [5, 5.41) is 13.8. The molecule has 0 bridgehead atoms. The molecular weight excluding hydrogens is 289 g/mol. The van der Waals surface area contributed by atoms with Crippen molar-refractivity contribution in [1.82, 2.24) is 14.8 Å². The number of aryl methyl sites for hydroxylation is 1. The van der Waals surface area contributed by atoms with Crippen molar-refractivity contribution in [2.45, 2.75) is 12.5 Å². The van der Waals surface area contributed by atoms with Crippen LogP contribution in [0.1, 0.15) is 17.5 Å². The van der Waals surface area contributed by atoms with Gasteiger partial charge in [0.25, 0.3) is 0 Å². The zero-order valence-corrected chi connectivity index (χ0v) is 10.7. The number of hydrogen-bond donors (Lipinski definition) is 1. The Kier molecular flexibility index (Phi) is 3.54. The van der Waals surface area contributed by atoms with E-state index in [-0.39, 0.29) is 12.0 Å². The molecule has 0 saturated carbocycles. The van der Waals surface area contributed by atoms with Crippen LogP contribution in [-0.4, -0.2) is 19.9 Å². The molecular formula is C11H11BrFN3O. The Bertz CT molecular complexity index is 529. The van der Waals surface area contributed by atoms with Gasteiger partial charge in [-0.15, -0.1) is 0 Å². The molecule has 2 rings (SSSR count). The fourth-order valence-electron chi connectivity index (χ4n) is 1.56. The summed E-state index contributed by atoms with van der Waals surface area (Å²) in [5.41, 5.74) is 0.260. The van der Waals surface area contributed by atoms with Gasteiger partial charge < -0.3 is 5.11 Å². The Morgan fingerprint density at radius 1 is 1.53 bits per heavy atom. The van der Waals surface area contributed by atoms with Crippen LogP contribution in [0.2, 0.25) is 0 Å². The lowest BCUT2D eigenvalue weighted by molar-refractivity contribution is 0.169. The molecule has 1 aromatic carbocycles. The maximum atomic E-state index is 13.6. The average molecular weight is 300 g/mol. The molecule has 0 spiro atoms. The molecule has 1 unspecified atom stereocenters. The van der Waals surface area contributed by atoms with Crippen molar-refractivity contribution in [3.63, 3.8) is 0 Å². The number of hydrogen-bond acceptors (Lipinski definition) is 3. The Morgan fingerprint density at radius 3 is 2.88 bits per heavy atom. The van der Waals surface area contributed by atoms with Crippen LogP contribution in [0.4, 0.5) is 4.39 Å². The van der Waals surface area contributed by atoms with Gasteiger partial charge in [-0.05, 0) is 12.1 Å². The highest BCUT2D eigenvalue weighted by molar-refractivity contribution is 9.10. The third kappa shape index (κ3) is 2.70. The molecule has 2 aromatic rings. The van der Waals surface area contributed by atoms with Crippen molar-refractivity contribution < 1.29 is 9.50 Å². The smallest absolute Gasteiger partial charge is 0.138 e. The van der Waals surface area contributed by atoms with Gasteiger partial charge in [-0.2, -0.15) is 5.10 Å². The number of aromatic nitrogens is 3. The monoisotopic (exact) mass is 299 g/mol. The van der Waals surface area contributed by atoms with Gasteiger partial charge in [-0.1, -0.05) is 22.0 Å². The SMILES string of the molecule is Cn1ncnc1CC(O)c1ccc(Br)cc1F. The minimum absolute atomic E-state index is 0.231. The summed E-state index contributed by atoms with van der Waals surface area (Å²) < 4.78 is 15.8. The van der Waals surface area contributed by atoms with Crippen LogP contribution < -0.4 is 0 Å². The maximum Gasteiger partial charge on any atom is 0.138 e. The highest BCUT2D eigenvalue weighted by Gasteiger charge is 2.16. The van der Waals surface area contributed by atoms with Gasteiger partial charge in [0, 0.05) is 23.5 Å². The van der Waals surface area contributed by atoms with Crippen molar-refractivity contribution in [2.75, 3.05) is 0 Å². The lowest BCUT2D eigenvalue weighted by atomic mass is 10.1. The van der Waals surface area contributed by atoms with Crippen molar-refractivity contribution in [3.05, 3.63) is 46.2 Å².